The zero-order valence-electron chi connectivity index (χ0n) is 10.5. The van der Waals surface area contributed by atoms with Gasteiger partial charge in [-0.3, -0.25) is 0 Å². The van der Waals surface area contributed by atoms with Crippen LogP contribution < -0.4 is 5.32 Å². The molecule has 1 aliphatic carbocycles. The molecule has 2 N–H and O–H groups in total. The highest BCUT2D eigenvalue weighted by molar-refractivity contribution is 5.37. The molecule has 0 fully saturated rings. The molecule has 3 heteroatoms. The topological polar surface area (TPSA) is 32.3 Å². The average molecular weight is 237 g/mol. The van der Waals surface area contributed by atoms with E-state index in [2.05, 4.69) is 19.2 Å². The van der Waals surface area contributed by atoms with Crippen LogP contribution in [0, 0.1) is 11.7 Å². The van der Waals surface area contributed by atoms with Crippen LogP contribution in [0.4, 0.5) is 4.39 Å². The monoisotopic (exact) mass is 237 g/mol. The van der Waals surface area contributed by atoms with Crippen LogP contribution in [0.5, 0.6) is 0 Å². The van der Waals surface area contributed by atoms with Gasteiger partial charge in [-0.2, -0.15) is 0 Å². The maximum Gasteiger partial charge on any atom is 0.123 e. The van der Waals surface area contributed by atoms with E-state index in [1.165, 1.54) is 12.1 Å². The van der Waals surface area contributed by atoms with E-state index in [1.54, 1.807) is 6.07 Å². The van der Waals surface area contributed by atoms with Crippen LogP contribution >= 0.6 is 0 Å². The summed E-state index contributed by atoms with van der Waals surface area (Å²) in [5.74, 6) is 0.343. The number of hydrogen-bond donors (Lipinski definition) is 2. The zero-order valence-corrected chi connectivity index (χ0v) is 10.5. The molecule has 0 heterocycles. The van der Waals surface area contributed by atoms with Gasteiger partial charge in [-0.25, -0.2) is 4.39 Å². The van der Waals surface area contributed by atoms with Gasteiger partial charge >= 0.3 is 0 Å². The molecule has 2 nitrogen and oxygen atoms in total. The molecular formula is C14H20FNO. The van der Waals surface area contributed by atoms with Crippen LogP contribution in [0.15, 0.2) is 18.2 Å². The molecule has 0 saturated carbocycles. The first-order chi connectivity index (χ1) is 8.01. The second-order valence-corrected chi connectivity index (χ2v) is 5.36. The third kappa shape index (κ3) is 2.67. The molecule has 17 heavy (non-hydrogen) atoms. The summed E-state index contributed by atoms with van der Waals surface area (Å²) in [6.07, 6.45) is 1.43. The first-order valence-corrected chi connectivity index (χ1v) is 6.23. The minimum Gasteiger partial charge on any atom is -0.384 e. The third-order valence-corrected chi connectivity index (χ3v) is 3.35. The fourth-order valence-corrected chi connectivity index (χ4v) is 2.45. The van der Waals surface area contributed by atoms with Crippen LogP contribution in [-0.2, 0) is 12.0 Å². The number of aryl methyl sites for hydroxylation is 1. The van der Waals surface area contributed by atoms with E-state index in [4.69, 9.17) is 0 Å². The van der Waals surface area contributed by atoms with Crippen molar-refractivity contribution in [2.45, 2.75) is 32.3 Å². The minimum atomic E-state index is -0.822. The van der Waals surface area contributed by atoms with Crippen molar-refractivity contribution in [3.63, 3.8) is 0 Å². The van der Waals surface area contributed by atoms with E-state index in [-0.39, 0.29) is 5.82 Å². The van der Waals surface area contributed by atoms with Gasteiger partial charge in [-0.1, -0.05) is 19.9 Å². The maximum atomic E-state index is 13.1. The number of benzene rings is 1. The third-order valence-electron chi connectivity index (χ3n) is 3.35. The van der Waals surface area contributed by atoms with Gasteiger partial charge in [0.2, 0.25) is 0 Å². The van der Waals surface area contributed by atoms with Crippen LogP contribution in [-0.4, -0.2) is 18.2 Å². The SMILES string of the molecule is CC(C)CNCC1(O)CCc2cc(F)ccc21. The van der Waals surface area contributed by atoms with Crippen molar-refractivity contribution in [3.8, 4) is 0 Å². The van der Waals surface area contributed by atoms with E-state index in [0.717, 1.165) is 24.1 Å². The molecular weight excluding hydrogens is 217 g/mol. The molecule has 1 aromatic carbocycles. The van der Waals surface area contributed by atoms with Crippen LogP contribution in [0.3, 0.4) is 0 Å². The number of fused-ring (bicyclic) bond motifs is 1. The van der Waals surface area contributed by atoms with Gasteiger partial charge in [0.1, 0.15) is 11.4 Å². The fourth-order valence-electron chi connectivity index (χ4n) is 2.45. The van der Waals surface area contributed by atoms with Crippen molar-refractivity contribution in [2.75, 3.05) is 13.1 Å². The van der Waals surface area contributed by atoms with Crippen LogP contribution in [0.25, 0.3) is 0 Å². The molecule has 0 saturated heterocycles. The normalized spacial score (nSPS) is 23.1. The Morgan fingerprint density at radius 2 is 2.24 bits per heavy atom. The molecule has 0 spiro atoms. The van der Waals surface area contributed by atoms with Gasteiger partial charge in [0, 0.05) is 6.54 Å². The van der Waals surface area contributed by atoms with Crippen molar-refractivity contribution in [2.24, 2.45) is 5.92 Å². The molecule has 1 atom stereocenters. The number of aliphatic hydroxyl groups is 1. The summed E-state index contributed by atoms with van der Waals surface area (Å²) in [6.45, 7) is 5.70. The summed E-state index contributed by atoms with van der Waals surface area (Å²) in [5, 5.41) is 13.8. The lowest BCUT2D eigenvalue weighted by Crippen LogP contribution is -2.37. The van der Waals surface area contributed by atoms with E-state index < -0.39 is 5.60 Å². The Hall–Kier alpha value is -0.930. The Morgan fingerprint density at radius 3 is 2.94 bits per heavy atom. The van der Waals surface area contributed by atoms with Crippen LogP contribution in [0.1, 0.15) is 31.4 Å². The molecule has 0 aliphatic heterocycles. The summed E-state index contributed by atoms with van der Waals surface area (Å²) in [7, 11) is 0. The Bertz CT molecular complexity index is 405. The van der Waals surface area contributed by atoms with E-state index in [0.29, 0.717) is 18.9 Å². The smallest absolute Gasteiger partial charge is 0.123 e. The van der Waals surface area contributed by atoms with E-state index in [9.17, 15) is 9.50 Å². The Kier molecular flexibility index (Phi) is 3.50. The standard InChI is InChI=1S/C14H20FNO/c1-10(2)8-16-9-14(17)6-5-11-7-12(15)3-4-13(11)14/h3-4,7,10,16-17H,5-6,8-9H2,1-2H3. The Labute approximate surface area is 102 Å². The molecule has 0 radical (unpaired) electrons. The first kappa shape index (κ1) is 12.5. The minimum absolute atomic E-state index is 0.219. The van der Waals surface area contributed by atoms with Crippen LogP contribution in [0.2, 0.25) is 0 Å². The molecule has 2 rings (SSSR count). The average Bonchev–Trinajstić information content (AvgIpc) is 2.56. The summed E-state index contributed by atoms with van der Waals surface area (Å²) in [4.78, 5) is 0. The fraction of sp³-hybridized carbons (Fsp3) is 0.571. The van der Waals surface area contributed by atoms with Crippen molar-refractivity contribution < 1.29 is 9.50 Å². The molecule has 0 aromatic heterocycles. The highest BCUT2D eigenvalue weighted by Gasteiger charge is 2.36. The number of rotatable bonds is 4. The van der Waals surface area contributed by atoms with Crippen molar-refractivity contribution in [1.29, 1.82) is 0 Å². The summed E-state index contributed by atoms with van der Waals surface area (Å²) >= 11 is 0. The number of halogens is 1. The maximum absolute atomic E-state index is 13.1. The Morgan fingerprint density at radius 1 is 1.47 bits per heavy atom. The highest BCUT2D eigenvalue weighted by Crippen LogP contribution is 2.36. The van der Waals surface area contributed by atoms with E-state index in [1.807, 2.05) is 0 Å². The molecule has 0 amide bonds. The summed E-state index contributed by atoms with van der Waals surface area (Å²) in [6, 6.07) is 4.68. The quantitative estimate of drug-likeness (QED) is 0.841. The summed E-state index contributed by atoms with van der Waals surface area (Å²) in [5.41, 5.74) is 1.01. The molecule has 1 aromatic rings. The molecule has 1 aliphatic rings. The highest BCUT2D eigenvalue weighted by atomic mass is 19.1. The zero-order chi connectivity index (χ0) is 12.5. The van der Waals surface area contributed by atoms with Gasteiger partial charge in [0.15, 0.2) is 0 Å². The second-order valence-electron chi connectivity index (χ2n) is 5.36. The lowest BCUT2D eigenvalue weighted by atomic mass is 9.96. The van der Waals surface area contributed by atoms with Gasteiger partial charge < -0.3 is 10.4 Å². The van der Waals surface area contributed by atoms with Crippen molar-refractivity contribution in [1.82, 2.24) is 5.32 Å². The van der Waals surface area contributed by atoms with Gasteiger partial charge in [0.05, 0.1) is 0 Å². The number of nitrogens with one attached hydrogen (secondary N) is 1. The first-order valence-electron chi connectivity index (χ1n) is 6.23. The lowest BCUT2D eigenvalue weighted by molar-refractivity contribution is 0.0382. The predicted molar refractivity (Wildman–Crippen MR) is 66.3 cm³/mol. The molecule has 94 valence electrons. The number of hydrogen-bond acceptors (Lipinski definition) is 2. The van der Waals surface area contributed by atoms with Crippen molar-refractivity contribution >= 4 is 0 Å². The van der Waals surface area contributed by atoms with Gasteiger partial charge in [-0.05, 0) is 48.6 Å². The largest absolute Gasteiger partial charge is 0.384 e. The Balaban J connectivity index is 2.08. The summed E-state index contributed by atoms with van der Waals surface area (Å²) < 4.78 is 13.1. The molecule has 0 bridgehead atoms. The lowest BCUT2D eigenvalue weighted by Gasteiger charge is -2.25. The van der Waals surface area contributed by atoms with Gasteiger partial charge in [0.25, 0.3) is 0 Å². The predicted octanol–water partition coefficient (Wildman–Crippen LogP) is 2.21. The van der Waals surface area contributed by atoms with Gasteiger partial charge in [-0.15, -0.1) is 0 Å². The van der Waals surface area contributed by atoms with E-state index >= 15 is 0 Å². The molecule has 1 unspecified atom stereocenters. The van der Waals surface area contributed by atoms with Crippen molar-refractivity contribution in [3.05, 3.63) is 35.1 Å². The second kappa shape index (κ2) is 4.75.